The van der Waals surface area contributed by atoms with Crippen LogP contribution in [-0.2, 0) is 0 Å². The molecule has 0 aromatic carbocycles. The Bertz CT molecular complexity index is 541. The topological polar surface area (TPSA) is 44.8 Å². The standard InChI is InChI=1S/C14H19ClN4/c15-14-17-12-11(7-8-16-12)13(18-14)19-9-5-3-1-2-4-6-10-19/h7-8H,1-6,9-10H2,(H,16,17,18). The van der Waals surface area contributed by atoms with Crippen molar-refractivity contribution in [2.45, 2.75) is 38.5 Å². The second-order valence-corrected chi connectivity index (χ2v) is 5.50. The van der Waals surface area contributed by atoms with Gasteiger partial charge in [0.25, 0.3) is 0 Å². The van der Waals surface area contributed by atoms with Gasteiger partial charge in [-0.1, -0.05) is 25.7 Å². The van der Waals surface area contributed by atoms with Gasteiger partial charge >= 0.3 is 0 Å². The van der Waals surface area contributed by atoms with Crippen LogP contribution in [0, 0.1) is 0 Å². The molecule has 0 aliphatic carbocycles. The summed E-state index contributed by atoms with van der Waals surface area (Å²) in [4.78, 5) is 14.2. The quantitative estimate of drug-likeness (QED) is 0.808. The molecule has 0 radical (unpaired) electrons. The number of nitrogens with zero attached hydrogens (tertiary/aromatic N) is 3. The molecule has 1 saturated heterocycles. The Hall–Kier alpha value is -1.29. The predicted octanol–water partition coefficient (Wildman–Crippen LogP) is 3.77. The zero-order valence-electron chi connectivity index (χ0n) is 11.0. The first kappa shape index (κ1) is 12.7. The summed E-state index contributed by atoms with van der Waals surface area (Å²) in [6, 6.07) is 2.04. The number of fused-ring (bicyclic) bond motifs is 1. The third-order valence-electron chi connectivity index (χ3n) is 3.77. The molecule has 2 aromatic rings. The lowest BCUT2D eigenvalue weighted by molar-refractivity contribution is 0.636. The van der Waals surface area contributed by atoms with Crippen LogP contribution in [0.2, 0.25) is 5.28 Å². The number of rotatable bonds is 1. The van der Waals surface area contributed by atoms with Gasteiger partial charge in [-0.3, -0.25) is 0 Å². The van der Waals surface area contributed by atoms with Gasteiger partial charge in [0.15, 0.2) is 0 Å². The molecule has 0 bridgehead atoms. The van der Waals surface area contributed by atoms with Crippen molar-refractivity contribution in [2.75, 3.05) is 18.0 Å². The summed E-state index contributed by atoms with van der Waals surface area (Å²) in [5, 5.41) is 1.40. The van der Waals surface area contributed by atoms with E-state index < -0.39 is 0 Å². The largest absolute Gasteiger partial charge is 0.356 e. The maximum absolute atomic E-state index is 6.04. The van der Waals surface area contributed by atoms with Crippen LogP contribution < -0.4 is 4.90 Å². The molecule has 1 N–H and O–H groups in total. The van der Waals surface area contributed by atoms with Crippen molar-refractivity contribution >= 4 is 28.5 Å². The minimum Gasteiger partial charge on any atom is -0.356 e. The van der Waals surface area contributed by atoms with E-state index in [2.05, 4.69) is 19.9 Å². The van der Waals surface area contributed by atoms with Crippen LogP contribution in [0.3, 0.4) is 0 Å². The highest BCUT2D eigenvalue weighted by Gasteiger charge is 2.15. The zero-order valence-corrected chi connectivity index (χ0v) is 11.8. The maximum Gasteiger partial charge on any atom is 0.226 e. The minimum absolute atomic E-state index is 0.324. The molecule has 0 saturated carbocycles. The molecule has 0 amide bonds. The Morgan fingerprint density at radius 3 is 2.42 bits per heavy atom. The number of hydrogen-bond acceptors (Lipinski definition) is 3. The van der Waals surface area contributed by atoms with E-state index in [9.17, 15) is 0 Å². The van der Waals surface area contributed by atoms with Crippen molar-refractivity contribution in [3.05, 3.63) is 17.5 Å². The van der Waals surface area contributed by atoms with E-state index in [-0.39, 0.29) is 0 Å². The van der Waals surface area contributed by atoms with Crippen LogP contribution in [0.5, 0.6) is 0 Å². The summed E-state index contributed by atoms with van der Waals surface area (Å²) in [5.41, 5.74) is 0.829. The van der Waals surface area contributed by atoms with Gasteiger partial charge < -0.3 is 9.88 Å². The van der Waals surface area contributed by atoms with Gasteiger partial charge in [0.2, 0.25) is 5.28 Å². The van der Waals surface area contributed by atoms with Gasteiger partial charge in [0.05, 0.1) is 5.39 Å². The Kier molecular flexibility index (Phi) is 3.87. The monoisotopic (exact) mass is 278 g/mol. The van der Waals surface area contributed by atoms with E-state index in [1.165, 1.54) is 38.5 Å². The first-order chi connectivity index (χ1) is 9.34. The molecule has 0 spiro atoms. The molecular formula is C14H19ClN4. The van der Waals surface area contributed by atoms with Gasteiger partial charge in [-0.15, -0.1) is 0 Å². The van der Waals surface area contributed by atoms with Gasteiger partial charge in [0, 0.05) is 19.3 Å². The molecule has 0 atom stereocenters. The Morgan fingerprint density at radius 1 is 1.00 bits per heavy atom. The lowest BCUT2D eigenvalue weighted by atomic mass is 10.1. The average Bonchev–Trinajstić information content (AvgIpc) is 2.89. The molecular weight excluding hydrogens is 260 g/mol. The highest BCUT2D eigenvalue weighted by molar-refractivity contribution is 6.28. The van der Waals surface area contributed by atoms with E-state index in [0.29, 0.717) is 5.28 Å². The van der Waals surface area contributed by atoms with E-state index in [1.54, 1.807) is 0 Å². The SMILES string of the molecule is Clc1nc(N2CCCCCCCC2)c2cc[nH]c2n1. The zero-order chi connectivity index (χ0) is 13.1. The van der Waals surface area contributed by atoms with Gasteiger partial charge in [-0.25, -0.2) is 0 Å². The van der Waals surface area contributed by atoms with Crippen molar-refractivity contribution < 1.29 is 0 Å². The first-order valence-corrected chi connectivity index (χ1v) is 7.48. The van der Waals surface area contributed by atoms with Crippen LogP contribution in [0.4, 0.5) is 5.82 Å². The molecule has 5 heteroatoms. The number of anilines is 1. The smallest absolute Gasteiger partial charge is 0.226 e. The van der Waals surface area contributed by atoms with Gasteiger partial charge in [-0.05, 0) is 30.5 Å². The lowest BCUT2D eigenvalue weighted by Crippen LogP contribution is -2.26. The molecule has 1 aliphatic rings. The third kappa shape index (κ3) is 2.84. The molecule has 1 aliphatic heterocycles. The number of aromatic nitrogens is 3. The minimum atomic E-state index is 0.324. The summed E-state index contributed by atoms with van der Waals surface area (Å²) >= 11 is 6.04. The fourth-order valence-electron chi connectivity index (χ4n) is 2.78. The van der Waals surface area contributed by atoms with Crippen LogP contribution in [0.25, 0.3) is 11.0 Å². The molecule has 3 heterocycles. The van der Waals surface area contributed by atoms with Crippen LogP contribution >= 0.6 is 11.6 Å². The van der Waals surface area contributed by atoms with E-state index in [4.69, 9.17) is 11.6 Å². The fourth-order valence-corrected chi connectivity index (χ4v) is 2.94. The highest BCUT2D eigenvalue weighted by Crippen LogP contribution is 2.26. The van der Waals surface area contributed by atoms with E-state index >= 15 is 0 Å². The summed E-state index contributed by atoms with van der Waals surface area (Å²) < 4.78 is 0. The van der Waals surface area contributed by atoms with Crippen molar-refractivity contribution in [1.82, 2.24) is 15.0 Å². The molecule has 1 fully saturated rings. The molecule has 102 valence electrons. The van der Waals surface area contributed by atoms with Crippen LogP contribution in [0.1, 0.15) is 38.5 Å². The third-order valence-corrected chi connectivity index (χ3v) is 3.94. The summed E-state index contributed by atoms with van der Waals surface area (Å²) in [6.07, 6.45) is 9.70. The van der Waals surface area contributed by atoms with Gasteiger partial charge in [-0.2, -0.15) is 9.97 Å². The predicted molar refractivity (Wildman–Crippen MR) is 78.8 cm³/mol. The van der Waals surface area contributed by atoms with Crippen LogP contribution in [0.15, 0.2) is 12.3 Å². The highest BCUT2D eigenvalue weighted by atomic mass is 35.5. The Morgan fingerprint density at radius 2 is 1.68 bits per heavy atom. The summed E-state index contributed by atoms with van der Waals surface area (Å²) in [5.74, 6) is 0.984. The number of H-pyrrole nitrogens is 1. The van der Waals surface area contributed by atoms with E-state index in [0.717, 1.165) is 29.9 Å². The molecule has 19 heavy (non-hydrogen) atoms. The number of nitrogens with one attached hydrogen (secondary N) is 1. The Labute approximate surface area is 118 Å². The van der Waals surface area contributed by atoms with Crippen molar-refractivity contribution in [1.29, 1.82) is 0 Å². The van der Waals surface area contributed by atoms with E-state index in [1.807, 2.05) is 12.3 Å². The number of halogens is 1. The first-order valence-electron chi connectivity index (χ1n) is 7.10. The van der Waals surface area contributed by atoms with Crippen LogP contribution in [-0.4, -0.2) is 28.0 Å². The number of hydrogen-bond donors (Lipinski definition) is 1. The van der Waals surface area contributed by atoms with Crippen molar-refractivity contribution in [3.63, 3.8) is 0 Å². The fraction of sp³-hybridized carbons (Fsp3) is 0.571. The average molecular weight is 279 g/mol. The molecule has 2 aromatic heterocycles. The second kappa shape index (κ2) is 5.78. The Balaban J connectivity index is 1.93. The lowest BCUT2D eigenvalue weighted by Gasteiger charge is -2.23. The number of aromatic amines is 1. The van der Waals surface area contributed by atoms with Crippen molar-refractivity contribution in [2.24, 2.45) is 0 Å². The molecule has 0 unspecified atom stereocenters. The second-order valence-electron chi connectivity index (χ2n) is 5.16. The normalized spacial score (nSPS) is 18.1. The van der Waals surface area contributed by atoms with Crippen molar-refractivity contribution in [3.8, 4) is 0 Å². The summed E-state index contributed by atoms with van der Waals surface area (Å²) in [7, 11) is 0. The van der Waals surface area contributed by atoms with Gasteiger partial charge in [0.1, 0.15) is 11.5 Å². The molecule has 4 nitrogen and oxygen atoms in total. The summed E-state index contributed by atoms with van der Waals surface area (Å²) in [6.45, 7) is 2.13. The molecule has 3 rings (SSSR count). The maximum atomic E-state index is 6.04.